The molecule has 4 rings (SSSR count). The van der Waals surface area contributed by atoms with Crippen LogP contribution in [0.3, 0.4) is 0 Å². The number of carbonyl (C=O) groups is 1. The van der Waals surface area contributed by atoms with Crippen LogP contribution >= 0.6 is 11.8 Å². The molecule has 1 unspecified atom stereocenters. The number of rotatable bonds is 6. The Balaban J connectivity index is 1.70. The molecule has 0 spiro atoms. The number of thioether (sulfide) groups is 1. The molecule has 0 N–H and O–H groups in total. The van der Waals surface area contributed by atoms with Gasteiger partial charge in [0.1, 0.15) is 23.7 Å². The largest absolute Gasteiger partial charge is 0.523 e. The fourth-order valence-electron chi connectivity index (χ4n) is 3.80. The highest BCUT2D eigenvalue weighted by Gasteiger charge is 2.58. The van der Waals surface area contributed by atoms with Crippen molar-refractivity contribution < 1.29 is 49.5 Å². The van der Waals surface area contributed by atoms with E-state index in [-0.39, 0.29) is 6.61 Å². The molecule has 6 atom stereocenters. The Kier molecular flexibility index (Phi) is 7.98. The van der Waals surface area contributed by atoms with E-state index in [2.05, 4.69) is 0 Å². The van der Waals surface area contributed by atoms with Gasteiger partial charge in [-0.1, -0.05) is 59.8 Å². The van der Waals surface area contributed by atoms with E-state index in [1.165, 1.54) is 0 Å². The number of halogens is 3. The number of hydrogen-bond acceptors (Lipinski definition) is 9. The molecular weight excluding hydrogens is 525 g/mol. The fraction of sp³-hybridized carbons (Fsp3) is 0.435. The van der Waals surface area contributed by atoms with Gasteiger partial charge in [-0.05, 0) is 19.1 Å². The fourth-order valence-corrected chi connectivity index (χ4v) is 5.52. The Bertz CT molecular complexity index is 1160. The zero-order chi connectivity index (χ0) is 26.1. The second-order valence-electron chi connectivity index (χ2n) is 8.19. The van der Waals surface area contributed by atoms with Crippen LogP contribution in [0.25, 0.3) is 0 Å². The van der Waals surface area contributed by atoms with E-state index in [4.69, 9.17) is 23.1 Å². The third kappa shape index (κ3) is 6.03. The van der Waals surface area contributed by atoms with Crippen molar-refractivity contribution in [3.05, 3.63) is 65.7 Å². The first-order valence-corrected chi connectivity index (χ1v) is 13.1. The number of benzene rings is 2. The lowest BCUT2D eigenvalue weighted by Gasteiger charge is -2.48. The number of hydrogen-bond donors (Lipinski definition) is 0. The number of esters is 1. The van der Waals surface area contributed by atoms with Crippen molar-refractivity contribution in [1.82, 2.24) is 0 Å². The number of aryl methyl sites for hydroxylation is 1. The van der Waals surface area contributed by atoms with Gasteiger partial charge in [0.2, 0.25) is 0 Å². The molecular formula is C23H23F3O8S2. The van der Waals surface area contributed by atoms with Crippen LogP contribution in [0.5, 0.6) is 0 Å². The van der Waals surface area contributed by atoms with Crippen LogP contribution in [0.2, 0.25) is 0 Å². The molecule has 36 heavy (non-hydrogen) atoms. The van der Waals surface area contributed by atoms with Crippen LogP contribution in [-0.4, -0.2) is 56.4 Å². The number of ether oxygens (including phenoxy) is 4. The smallest absolute Gasteiger partial charge is 0.456 e. The summed E-state index contributed by atoms with van der Waals surface area (Å²) in [6.07, 6.45) is -6.82. The first kappa shape index (κ1) is 26.9. The summed E-state index contributed by atoms with van der Waals surface area (Å²) in [5.41, 5.74) is -5.30. The van der Waals surface area contributed by atoms with E-state index < -0.39 is 57.7 Å². The molecule has 0 aromatic heterocycles. The summed E-state index contributed by atoms with van der Waals surface area (Å²) < 4.78 is 91.6. The summed E-state index contributed by atoms with van der Waals surface area (Å²) in [5.74, 6) is -0.860. The highest BCUT2D eigenvalue weighted by molar-refractivity contribution is 7.99. The molecule has 196 valence electrons. The van der Waals surface area contributed by atoms with Gasteiger partial charge in [-0.3, -0.25) is 8.98 Å². The minimum atomic E-state index is -6.08. The maximum absolute atomic E-state index is 13.3. The maximum atomic E-state index is 13.3. The van der Waals surface area contributed by atoms with Crippen molar-refractivity contribution in [3.63, 3.8) is 0 Å². The third-order valence-electron chi connectivity index (χ3n) is 5.45. The monoisotopic (exact) mass is 548 g/mol. The van der Waals surface area contributed by atoms with Gasteiger partial charge in [0.15, 0.2) is 12.4 Å². The van der Waals surface area contributed by atoms with E-state index in [0.29, 0.717) is 10.5 Å². The van der Waals surface area contributed by atoms with Crippen molar-refractivity contribution in [2.24, 2.45) is 0 Å². The Morgan fingerprint density at radius 3 is 2.31 bits per heavy atom. The standard InChI is InChI=1S/C23H23F3O8S2/c1-13-8-10-16(11-9-13)35-22-20(31-14(2)27)19(34-36(28,29)23(24,25)26)18-17(32-22)12-30-21(33-18)15-6-4-3-5-7-15/h3-11,17-22H,12H2,1-2H3/t17-,18-,19+,20-,21?,22+/m1/s1. The molecule has 2 aromatic carbocycles. The molecule has 0 aliphatic carbocycles. The van der Waals surface area contributed by atoms with Gasteiger partial charge >= 0.3 is 21.6 Å². The normalized spacial score (nSPS) is 28.8. The molecule has 0 bridgehead atoms. The van der Waals surface area contributed by atoms with E-state index in [9.17, 15) is 26.4 Å². The van der Waals surface area contributed by atoms with Crippen molar-refractivity contribution in [2.45, 2.75) is 60.4 Å². The highest BCUT2D eigenvalue weighted by atomic mass is 32.2. The summed E-state index contributed by atoms with van der Waals surface area (Å²) in [7, 11) is -6.08. The van der Waals surface area contributed by atoms with Gasteiger partial charge in [-0.25, -0.2) is 0 Å². The summed E-state index contributed by atoms with van der Waals surface area (Å²) >= 11 is 1.05. The van der Waals surface area contributed by atoms with Crippen LogP contribution in [0, 0.1) is 6.92 Å². The zero-order valence-electron chi connectivity index (χ0n) is 19.1. The number of alkyl halides is 3. The lowest BCUT2D eigenvalue weighted by Crippen LogP contribution is -2.63. The predicted octanol–water partition coefficient (Wildman–Crippen LogP) is 4.09. The molecule has 2 aromatic rings. The first-order valence-electron chi connectivity index (χ1n) is 10.8. The second kappa shape index (κ2) is 10.7. The SMILES string of the molecule is CC(=O)O[C@@H]1[C@@H](OS(=O)(=O)C(F)(F)F)[C@@H]2OC(c3ccccc3)OC[C@H]2O[C@H]1Sc1ccc(C)cc1. The van der Waals surface area contributed by atoms with Gasteiger partial charge in [0.25, 0.3) is 0 Å². The Hall–Kier alpha value is -2.16. The molecule has 13 heteroatoms. The lowest BCUT2D eigenvalue weighted by atomic mass is 9.98. The van der Waals surface area contributed by atoms with Crippen LogP contribution in [0.4, 0.5) is 13.2 Å². The summed E-state index contributed by atoms with van der Waals surface area (Å²) in [4.78, 5) is 12.6. The van der Waals surface area contributed by atoms with E-state index in [0.717, 1.165) is 24.2 Å². The highest BCUT2D eigenvalue weighted by Crippen LogP contribution is 2.42. The average Bonchev–Trinajstić information content (AvgIpc) is 2.82. The quantitative estimate of drug-likeness (QED) is 0.300. The van der Waals surface area contributed by atoms with Crippen LogP contribution in [0.15, 0.2) is 59.5 Å². The van der Waals surface area contributed by atoms with Crippen molar-refractivity contribution in [3.8, 4) is 0 Å². The Morgan fingerprint density at radius 1 is 1.03 bits per heavy atom. The average molecular weight is 549 g/mol. The van der Waals surface area contributed by atoms with Gasteiger partial charge in [0.05, 0.1) is 6.61 Å². The van der Waals surface area contributed by atoms with Crippen molar-refractivity contribution in [1.29, 1.82) is 0 Å². The molecule has 8 nitrogen and oxygen atoms in total. The van der Waals surface area contributed by atoms with Gasteiger partial charge in [0, 0.05) is 17.4 Å². The van der Waals surface area contributed by atoms with Crippen LogP contribution < -0.4 is 0 Å². The molecule has 0 radical (unpaired) electrons. The number of carbonyl (C=O) groups excluding carboxylic acids is 1. The molecule has 2 saturated heterocycles. The van der Waals surface area contributed by atoms with Gasteiger partial charge < -0.3 is 18.9 Å². The zero-order valence-corrected chi connectivity index (χ0v) is 20.7. The number of fused-ring (bicyclic) bond motifs is 1. The third-order valence-corrected chi connectivity index (χ3v) is 7.65. The molecule has 0 amide bonds. The second-order valence-corrected chi connectivity index (χ2v) is 10.9. The molecule has 2 heterocycles. The topological polar surface area (TPSA) is 97.4 Å². The van der Waals surface area contributed by atoms with E-state index in [1.54, 1.807) is 42.5 Å². The van der Waals surface area contributed by atoms with Crippen molar-refractivity contribution in [2.75, 3.05) is 6.61 Å². The summed E-state index contributed by atoms with van der Waals surface area (Å²) in [6, 6.07) is 15.7. The maximum Gasteiger partial charge on any atom is 0.523 e. The van der Waals surface area contributed by atoms with Gasteiger partial charge in [-0.15, -0.1) is 0 Å². The van der Waals surface area contributed by atoms with E-state index in [1.807, 2.05) is 19.1 Å². The summed E-state index contributed by atoms with van der Waals surface area (Å²) in [6.45, 7) is 2.80. The Morgan fingerprint density at radius 2 is 1.69 bits per heavy atom. The molecule has 2 aliphatic heterocycles. The van der Waals surface area contributed by atoms with Crippen molar-refractivity contribution >= 4 is 27.8 Å². The lowest BCUT2D eigenvalue weighted by molar-refractivity contribution is -0.316. The Labute approximate surface area is 210 Å². The predicted molar refractivity (Wildman–Crippen MR) is 121 cm³/mol. The minimum absolute atomic E-state index is 0.131. The first-order chi connectivity index (χ1) is 16.9. The van der Waals surface area contributed by atoms with Gasteiger partial charge in [-0.2, -0.15) is 21.6 Å². The van der Waals surface area contributed by atoms with Crippen LogP contribution in [-0.2, 0) is 38.0 Å². The van der Waals surface area contributed by atoms with E-state index >= 15 is 0 Å². The van der Waals surface area contributed by atoms with Crippen LogP contribution in [0.1, 0.15) is 24.3 Å². The summed E-state index contributed by atoms with van der Waals surface area (Å²) in [5, 5.41) is 0. The molecule has 0 saturated carbocycles. The minimum Gasteiger partial charge on any atom is -0.456 e. The molecule has 2 aliphatic rings. The molecule has 2 fully saturated rings.